The lowest BCUT2D eigenvalue weighted by Crippen LogP contribution is -2.08. The van der Waals surface area contributed by atoms with Crippen molar-refractivity contribution in [1.82, 2.24) is 24.1 Å². The van der Waals surface area contributed by atoms with Gasteiger partial charge < -0.3 is 13.9 Å². The van der Waals surface area contributed by atoms with Crippen LogP contribution in [0.5, 0.6) is 11.5 Å². The quantitative estimate of drug-likeness (QED) is 0.191. The molecule has 0 unspecified atom stereocenters. The summed E-state index contributed by atoms with van der Waals surface area (Å²) in [7, 11) is 1.67. The molecule has 3 aromatic carbocycles. The van der Waals surface area contributed by atoms with Crippen molar-refractivity contribution in [2.24, 2.45) is 0 Å². The van der Waals surface area contributed by atoms with E-state index in [4.69, 9.17) is 14.5 Å². The van der Waals surface area contributed by atoms with Crippen LogP contribution in [0.4, 0.5) is 0 Å². The highest BCUT2D eigenvalue weighted by Crippen LogP contribution is 2.33. The molecule has 3 heterocycles. The maximum atomic E-state index is 6.35. The molecule has 0 aliphatic rings. The fourth-order valence-electron chi connectivity index (χ4n) is 4.55. The van der Waals surface area contributed by atoms with Crippen LogP contribution in [-0.2, 0) is 12.4 Å². The van der Waals surface area contributed by atoms with E-state index in [2.05, 4.69) is 52.0 Å². The predicted molar refractivity (Wildman–Crippen MR) is 154 cm³/mol. The number of benzene rings is 3. The highest BCUT2D eigenvalue weighted by atomic mass is 32.2. The smallest absolute Gasteiger partial charge is 0.196 e. The lowest BCUT2D eigenvalue weighted by atomic mass is 10.1. The molecule has 0 aliphatic carbocycles. The minimum Gasteiger partial charge on any atom is -0.495 e. The minimum atomic E-state index is 0.239. The normalized spacial score (nSPS) is 11.1. The van der Waals surface area contributed by atoms with Gasteiger partial charge in [-0.25, -0.2) is 4.98 Å². The first-order chi connectivity index (χ1) is 19.2. The number of rotatable bonds is 9. The average molecular weight is 534 g/mol. The molecule has 0 fully saturated rings. The number of aryl methyl sites for hydroxylation is 1. The molecule has 0 aliphatic heterocycles. The highest BCUT2D eigenvalue weighted by Gasteiger charge is 2.19. The first-order valence-electron chi connectivity index (χ1n) is 12.6. The van der Waals surface area contributed by atoms with E-state index < -0.39 is 0 Å². The van der Waals surface area contributed by atoms with E-state index in [1.807, 2.05) is 77.5 Å². The van der Waals surface area contributed by atoms with E-state index >= 15 is 0 Å². The number of hydrogen-bond acceptors (Lipinski definition) is 6. The summed E-state index contributed by atoms with van der Waals surface area (Å²) in [6.07, 6.45) is 4.08. The third kappa shape index (κ3) is 5.11. The van der Waals surface area contributed by atoms with Gasteiger partial charge >= 0.3 is 0 Å². The summed E-state index contributed by atoms with van der Waals surface area (Å²) in [5, 5.41) is 9.83. The van der Waals surface area contributed by atoms with Crippen LogP contribution in [0.15, 0.2) is 109 Å². The SMILES string of the molecule is COc1ccccc1-n1c(COc2ccccc2-c2ccccc2)nnc1SCc1cn2cccc(C)c2n1. The van der Waals surface area contributed by atoms with Gasteiger partial charge in [-0.05, 0) is 42.3 Å². The van der Waals surface area contributed by atoms with Gasteiger partial charge in [-0.2, -0.15) is 0 Å². The molecule has 0 saturated carbocycles. The second-order valence-electron chi connectivity index (χ2n) is 9.00. The van der Waals surface area contributed by atoms with Crippen molar-refractivity contribution >= 4 is 17.4 Å². The highest BCUT2D eigenvalue weighted by molar-refractivity contribution is 7.98. The molecule has 6 rings (SSSR count). The molecule has 0 amide bonds. The number of pyridine rings is 1. The number of imidazole rings is 1. The van der Waals surface area contributed by atoms with Crippen molar-refractivity contribution in [1.29, 1.82) is 0 Å². The third-order valence-corrected chi connectivity index (χ3v) is 7.39. The number of fused-ring (bicyclic) bond motifs is 1. The second kappa shape index (κ2) is 11.0. The van der Waals surface area contributed by atoms with Crippen molar-refractivity contribution in [3.63, 3.8) is 0 Å². The van der Waals surface area contributed by atoms with Crippen molar-refractivity contribution in [2.45, 2.75) is 24.4 Å². The van der Waals surface area contributed by atoms with Crippen LogP contribution in [0.2, 0.25) is 0 Å². The van der Waals surface area contributed by atoms with E-state index in [9.17, 15) is 0 Å². The lowest BCUT2D eigenvalue weighted by Gasteiger charge is -2.15. The first kappa shape index (κ1) is 24.8. The van der Waals surface area contributed by atoms with E-state index in [1.165, 1.54) is 0 Å². The van der Waals surface area contributed by atoms with Gasteiger partial charge in [-0.15, -0.1) is 10.2 Å². The Kier molecular flexibility index (Phi) is 7.01. The monoisotopic (exact) mass is 533 g/mol. The number of nitrogens with zero attached hydrogens (tertiary/aromatic N) is 5. The van der Waals surface area contributed by atoms with Crippen molar-refractivity contribution in [3.8, 4) is 28.3 Å². The molecule has 194 valence electrons. The lowest BCUT2D eigenvalue weighted by molar-refractivity contribution is 0.293. The Morgan fingerprint density at radius 3 is 2.41 bits per heavy atom. The number of methoxy groups -OCH3 is 1. The van der Waals surface area contributed by atoms with Gasteiger partial charge in [0.15, 0.2) is 11.0 Å². The molecule has 0 bridgehead atoms. The zero-order chi connectivity index (χ0) is 26.6. The van der Waals surface area contributed by atoms with Crippen molar-refractivity contribution in [2.75, 3.05) is 7.11 Å². The summed E-state index contributed by atoms with van der Waals surface area (Å²) in [5.41, 5.74) is 6.05. The Hall–Kier alpha value is -4.56. The minimum absolute atomic E-state index is 0.239. The molecule has 0 spiro atoms. The Morgan fingerprint density at radius 1 is 0.821 bits per heavy atom. The summed E-state index contributed by atoms with van der Waals surface area (Å²) in [6, 6.07) is 30.2. The summed E-state index contributed by atoms with van der Waals surface area (Å²) in [5.74, 6) is 2.84. The van der Waals surface area contributed by atoms with Gasteiger partial charge in [0.25, 0.3) is 0 Å². The molecule has 7 nitrogen and oxygen atoms in total. The second-order valence-corrected chi connectivity index (χ2v) is 9.94. The Bertz CT molecular complexity index is 1730. The van der Waals surface area contributed by atoms with Gasteiger partial charge in [0.05, 0.1) is 18.5 Å². The van der Waals surface area contributed by atoms with E-state index in [0.29, 0.717) is 11.6 Å². The maximum Gasteiger partial charge on any atom is 0.196 e. The van der Waals surface area contributed by atoms with Gasteiger partial charge in [0.1, 0.15) is 23.8 Å². The molecule has 3 aromatic heterocycles. The predicted octanol–water partition coefficient (Wildman–Crippen LogP) is 6.77. The zero-order valence-electron chi connectivity index (χ0n) is 21.7. The van der Waals surface area contributed by atoms with Gasteiger partial charge in [0, 0.05) is 23.7 Å². The number of hydrogen-bond donors (Lipinski definition) is 0. The number of ether oxygens (including phenoxy) is 2. The summed E-state index contributed by atoms with van der Waals surface area (Å²) in [4.78, 5) is 4.82. The standard InChI is InChI=1S/C31H27N5O2S/c1-22-11-10-18-35-19-24(32-30(22)35)21-39-31-34-33-29(36(31)26-15-7-9-17-28(26)37-2)20-38-27-16-8-6-14-25(27)23-12-4-3-5-13-23/h3-19H,20-21H2,1-2H3. The molecule has 0 saturated heterocycles. The number of thioether (sulfide) groups is 1. The van der Waals surface area contributed by atoms with Crippen LogP contribution in [0, 0.1) is 6.92 Å². The maximum absolute atomic E-state index is 6.35. The molecule has 0 radical (unpaired) electrons. The summed E-state index contributed by atoms with van der Waals surface area (Å²) < 4.78 is 16.1. The average Bonchev–Trinajstić information content (AvgIpc) is 3.60. The van der Waals surface area contributed by atoms with Gasteiger partial charge in [-0.3, -0.25) is 4.57 Å². The van der Waals surface area contributed by atoms with Crippen LogP contribution in [0.25, 0.3) is 22.5 Å². The van der Waals surface area contributed by atoms with Crippen LogP contribution in [0.1, 0.15) is 17.1 Å². The van der Waals surface area contributed by atoms with Crippen LogP contribution < -0.4 is 9.47 Å². The van der Waals surface area contributed by atoms with Crippen molar-refractivity contribution < 1.29 is 9.47 Å². The fourth-order valence-corrected chi connectivity index (χ4v) is 5.39. The molecular formula is C31H27N5O2S. The number of aromatic nitrogens is 5. The van der Waals surface area contributed by atoms with Crippen molar-refractivity contribution in [3.05, 3.63) is 120 Å². The van der Waals surface area contributed by atoms with Gasteiger partial charge in [-0.1, -0.05) is 78.5 Å². The van der Waals surface area contributed by atoms with Gasteiger partial charge in [0.2, 0.25) is 0 Å². The largest absolute Gasteiger partial charge is 0.495 e. The molecular weight excluding hydrogens is 506 g/mol. The Labute approximate surface area is 231 Å². The zero-order valence-corrected chi connectivity index (χ0v) is 22.5. The van der Waals surface area contributed by atoms with E-state index in [1.54, 1.807) is 18.9 Å². The molecule has 8 heteroatoms. The molecule has 0 atom stereocenters. The topological polar surface area (TPSA) is 66.5 Å². The summed E-state index contributed by atoms with van der Waals surface area (Å²) in [6.45, 7) is 2.31. The summed E-state index contributed by atoms with van der Waals surface area (Å²) >= 11 is 1.58. The van der Waals surface area contributed by atoms with E-state index in [0.717, 1.165) is 50.4 Å². The molecule has 0 N–H and O–H groups in total. The first-order valence-corrected chi connectivity index (χ1v) is 13.6. The van der Waals surface area contributed by atoms with E-state index in [-0.39, 0.29) is 6.61 Å². The third-order valence-electron chi connectivity index (χ3n) is 6.43. The molecule has 6 aromatic rings. The van der Waals surface area contributed by atoms with Crippen LogP contribution in [-0.4, -0.2) is 31.3 Å². The number of para-hydroxylation sites is 3. The Balaban J connectivity index is 1.31. The molecule has 39 heavy (non-hydrogen) atoms. The fraction of sp³-hybridized carbons (Fsp3) is 0.129. The Morgan fingerprint density at radius 2 is 1.59 bits per heavy atom. The van der Waals surface area contributed by atoms with Crippen LogP contribution in [0.3, 0.4) is 0 Å². The van der Waals surface area contributed by atoms with Crippen LogP contribution >= 0.6 is 11.8 Å².